The number of unbranched alkanes of at least 4 members (excludes halogenated alkanes) is 8. The topological polar surface area (TPSA) is 131 Å². The van der Waals surface area contributed by atoms with E-state index in [1.165, 1.54) is 19.3 Å². The third-order valence-electron chi connectivity index (χ3n) is 8.89. The van der Waals surface area contributed by atoms with E-state index in [-0.39, 0.29) is 32.1 Å². The molecule has 3 N–H and O–H groups in total. The van der Waals surface area contributed by atoms with Crippen molar-refractivity contribution in [1.82, 2.24) is 5.32 Å². The number of ether oxygens (including phenoxy) is 1. The van der Waals surface area contributed by atoms with Crippen LogP contribution in [0.5, 0.6) is 0 Å². The van der Waals surface area contributed by atoms with Gasteiger partial charge in [0.05, 0.1) is 13.2 Å². The number of phosphoric ester groups is 1. The average molecular weight is 868 g/mol. The first-order chi connectivity index (χ1) is 29.8. The van der Waals surface area contributed by atoms with Gasteiger partial charge in [-0.25, -0.2) is 4.57 Å². The molecular weight excluding hydrogens is 786 g/mol. The highest BCUT2D eigenvalue weighted by atomic mass is 31.2. The minimum Gasteiger partial charge on any atom is -0.463 e. The number of carbonyl (C=O) groups is 2. The second-order valence-electron chi connectivity index (χ2n) is 14.6. The molecule has 61 heavy (non-hydrogen) atoms. The number of aliphatic hydroxyl groups is 1. The van der Waals surface area contributed by atoms with Gasteiger partial charge in [0.25, 0.3) is 0 Å². The summed E-state index contributed by atoms with van der Waals surface area (Å²) in [6, 6.07) is 0. The van der Waals surface area contributed by atoms with Crippen molar-refractivity contribution in [2.75, 3.05) is 26.4 Å². The van der Waals surface area contributed by atoms with Gasteiger partial charge < -0.3 is 20.1 Å². The largest absolute Gasteiger partial charge is 0.472 e. The Hall–Kier alpha value is -3.59. The Labute approximate surface area is 370 Å². The molecule has 0 aliphatic heterocycles. The molecular formula is C51H82NO8P. The van der Waals surface area contributed by atoms with Crippen molar-refractivity contribution >= 4 is 19.7 Å². The lowest BCUT2D eigenvalue weighted by Crippen LogP contribution is -2.27. The van der Waals surface area contributed by atoms with Crippen LogP contribution in [0.25, 0.3) is 0 Å². The lowest BCUT2D eigenvalue weighted by atomic mass is 10.1. The van der Waals surface area contributed by atoms with Crippen LogP contribution in [0.1, 0.15) is 155 Å². The van der Waals surface area contributed by atoms with Crippen LogP contribution in [0.2, 0.25) is 0 Å². The van der Waals surface area contributed by atoms with Crippen LogP contribution < -0.4 is 5.32 Å². The lowest BCUT2D eigenvalue weighted by Gasteiger charge is -2.15. The lowest BCUT2D eigenvalue weighted by molar-refractivity contribution is -0.147. The number of amides is 1. The Morgan fingerprint density at radius 3 is 1.36 bits per heavy atom. The number of rotatable bonds is 41. The summed E-state index contributed by atoms with van der Waals surface area (Å²) in [6.07, 6.45) is 62.8. The van der Waals surface area contributed by atoms with Crippen molar-refractivity contribution in [3.63, 3.8) is 0 Å². The van der Waals surface area contributed by atoms with Crippen LogP contribution in [0.15, 0.2) is 122 Å². The number of esters is 1. The highest BCUT2D eigenvalue weighted by molar-refractivity contribution is 7.47. The normalized spacial score (nSPS) is 14.4. The van der Waals surface area contributed by atoms with E-state index in [0.717, 1.165) is 103 Å². The van der Waals surface area contributed by atoms with Gasteiger partial charge in [-0.15, -0.1) is 0 Å². The zero-order valence-electron chi connectivity index (χ0n) is 37.8. The first kappa shape index (κ1) is 57.4. The molecule has 0 aliphatic carbocycles. The van der Waals surface area contributed by atoms with Gasteiger partial charge in [0, 0.05) is 19.4 Å². The Kier molecular flexibility index (Phi) is 43.2. The fourth-order valence-electron chi connectivity index (χ4n) is 5.50. The van der Waals surface area contributed by atoms with Gasteiger partial charge in [0.1, 0.15) is 12.7 Å². The van der Waals surface area contributed by atoms with Crippen LogP contribution in [0.3, 0.4) is 0 Å². The maximum absolute atomic E-state index is 12.1. The third kappa shape index (κ3) is 47.3. The molecule has 0 bridgehead atoms. The van der Waals surface area contributed by atoms with Gasteiger partial charge in [-0.3, -0.25) is 18.6 Å². The number of aliphatic hydroxyl groups excluding tert-OH is 1. The number of carbonyl (C=O) groups excluding carboxylic acids is 2. The summed E-state index contributed by atoms with van der Waals surface area (Å²) >= 11 is 0. The molecule has 2 atom stereocenters. The third-order valence-corrected chi connectivity index (χ3v) is 9.87. The second-order valence-corrected chi connectivity index (χ2v) is 16.1. The van der Waals surface area contributed by atoms with Crippen LogP contribution in [0.4, 0.5) is 0 Å². The summed E-state index contributed by atoms with van der Waals surface area (Å²) in [6.45, 7) is 3.22. The van der Waals surface area contributed by atoms with E-state index in [0.29, 0.717) is 12.8 Å². The van der Waals surface area contributed by atoms with Crippen LogP contribution in [0, 0.1) is 0 Å². The quantitative estimate of drug-likeness (QED) is 0.0240. The molecule has 9 nitrogen and oxygen atoms in total. The van der Waals surface area contributed by atoms with Crippen molar-refractivity contribution < 1.29 is 37.9 Å². The molecule has 344 valence electrons. The fraction of sp³-hybridized carbons (Fsp3) is 0.569. The van der Waals surface area contributed by atoms with E-state index < -0.39 is 26.5 Å². The smallest absolute Gasteiger partial charge is 0.463 e. The van der Waals surface area contributed by atoms with E-state index in [1.54, 1.807) is 0 Å². The van der Waals surface area contributed by atoms with E-state index in [2.05, 4.69) is 135 Å². The van der Waals surface area contributed by atoms with Crippen molar-refractivity contribution in [2.45, 2.75) is 161 Å². The average Bonchev–Trinajstić information content (AvgIpc) is 3.25. The Bertz CT molecular complexity index is 1400. The van der Waals surface area contributed by atoms with Gasteiger partial charge in [-0.1, -0.05) is 167 Å². The first-order valence-electron chi connectivity index (χ1n) is 23.0. The molecule has 2 unspecified atom stereocenters. The molecule has 0 aliphatic rings. The summed E-state index contributed by atoms with van der Waals surface area (Å²) in [5.41, 5.74) is 0. The van der Waals surface area contributed by atoms with Gasteiger partial charge in [0.15, 0.2) is 0 Å². The Balaban J connectivity index is 3.71. The van der Waals surface area contributed by atoms with E-state index >= 15 is 0 Å². The predicted molar refractivity (Wildman–Crippen MR) is 256 cm³/mol. The Morgan fingerprint density at radius 1 is 0.508 bits per heavy atom. The summed E-state index contributed by atoms with van der Waals surface area (Å²) in [7, 11) is -4.45. The molecule has 0 radical (unpaired) electrons. The second kappa shape index (κ2) is 45.9. The van der Waals surface area contributed by atoms with Crippen molar-refractivity contribution in [3.05, 3.63) is 122 Å². The maximum atomic E-state index is 12.1. The van der Waals surface area contributed by atoms with E-state index in [4.69, 9.17) is 13.8 Å². The van der Waals surface area contributed by atoms with E-state index in [1.807, 2.05) is 6.08 Å². The molecule has 0 aromatic rings. The van der Waals surface area contributed by atoms with Crippen LogP contribution in [-0.2, 0) is 27.9 Å². The molecule has 0 fully saturated rings. The summed E-state index contributed by atoms with van der Waals surface area (Å²) < 4.78 is 26.9. The predicted octanol–water partition coefficient (Wildman–Crippen LogP) is 13.3. The number of hydrogen-bond acceptors (Lipinski definition) is 7. The van der Waals surface area contributed by atoms with Crippen molar-refractivity contribution in [3.8, 4) is 0 Å². The SMILES string of the molecule is CC/C=C\C/C=C\C/C=C\C/C=C\C/C=C\CCCCCCCCCC(=O)NCCOP(=O)(O)OCC(O)COC(=O)CCC/C=C\C/C=C\C/C=C\C/C=C\C/C=C\CC. The minimum atomic E-state index is -4.45. The molecule has 0 aromatic heterocycles. The zero-order valence-corrected chi connectivity index (χ0v) is 38.7. The summed E-state index contributed by atoms with van der Waals surface area (Å²) in [5, 5.41) is 12.7. The number of phosphoric acid groups is 1. The number of hydrogen-bond donors (Lipinski definition) is 3. The molecule has 0 aromatic carbocycles. The molecule has 0 saturated carbocycles. The van der Waals surface area contributed by atoms with Gasteiger partial charge in [0.2, 0.25) is 5.91 Å². The highest BCUT2D eigenvalue weighted by Crippen LogP contribution is 2.42. The first-order valence-corrected chi connectivity index (χ1v) is 24.5. The molecule has 0 heterocycles. The molecule has 0 spiro atoms. The van der Waals surface area contributed by atoms with Crippen LogP contribution in [-0.4, -0.2) is 54.3 Å². The molecule has 0 rings (SSSR count). The minimum absolute atomic E-state index is 0.0599. The van der Waals surface area contributed by atoms with Gasteiger partial charge in [-0.2, -0.15) is 0 Å². The van der Waals surface area contributed by atoms with Crippen molar-refractivity contribution in [2.24, 2.45) is 0 Å². The fourth-order valence-corrected chi connectivity index (χ4v) is 6.26. The number of nitrogens with one attached hydrogen (secondary N) is 1. The summed E-state index contributed by atoms with van der Waals surface area (Å²) in [4.78, 5) is 34.0. The summed E-state index contributed by atoms with van der Waals surface area (Å²) in [5.74, 6) is -0.598. The molecule has 1 amide bonds. The van der Waals surface area contributed by atoms with Gasteiger partial charge >= 0.3 is 13.8 Å². The Morgan fingerprint density at radius 2 is 0.902 bits per heavy atom. The van der Waals surface area contributed by atoms with Gasteiger partial charge in [-0.05, 0) is 96.3 Å². The van der Waals surface area contributed by atoms with Crippen LogP contribution >= 0.6 is 7.82 Å². The molecule has 10 heteroatoms. The van der Waals surface area contributed by atoms with E-state index in [9.17, 15) is 24.2 Å². The van der Waals surface area contributed by atoms with Crippen molar-refractivity contribution in [1.29, 1.82) is 0 Å². The highest BCUT2D eigenvalue weighted by Gasteiger charge is 2.23. The zero-order chi connectivity index (χ0) is 44.6. The monoisotopic (exact) mass is 868 g/mol. The molecule has 0 saturated heterocycles. The maximum Gasteiger partial charge on any atom is 0.472 e. The number of allylic oxidation sites excluding steroid dienone is 20. The standard InChI is InChI=1S/C51H82NO8P/c1-3-5-7-9-11-13-15-17-19-21-22-23-24-25-26-28-29-31-33-35-37-39-41-43-50(54)52-45-46-59-61(56,57)60-48-49(53)47-58-51(55)44-42-40-38-36-34-32-30-27-20-18-16-14-12-10-8-6-4-2/h5-8,11-14,17-20,22-23,25-26,30,32,36,38,49,53H,3-4,9-10,15-16,21,24,27-29,31,33-35,37,39-48H2,1-2H3,(H,52,54)(H,56,57)/b7-5-,8-6-,13-11-,14-12-,19-17-,20-18-,23-22-,26-25-,32-30-,38-36-.